The number of nitrogens with one attached hydrogen (secondary N) is 1. The molecule has 1 aromatic heterocycles. The smallest absolute Gasteiger partial charge is 0.225 e. The highest BCUT2D eigenvalue weighted by atomic mass is 16.5. The molecule has 0 fully saturated rings. The van der Waals surface area contributed by atoms with Crippen LogP contribution in [0.15, 0.2) is 48.5 Å². The van der Waals surface area contributed by atoms with Crippen LogP contribution in [0, 0.1) is 5.92 Å². The molecule has 3 aromatic rings. The van der Waals surface area contributed by atoms with E-state index in [1.807, 2.05) is 68.5 Å². The molecule has 0 spiro atoms. The van der Waals surface area contributed by atoms with Crippen LogP contribution in [-0.2, 0) is 17.6 Å². The molecular formula is C26H27N3O2. The molecule has 0 saturated carbocycles. The maximum atomic E-state index is 12.5. The fourth-order valence-electron chi connectivity index (χ4n) is 3.76. The van der Waals surface area contributed by atoms with Crippen LogP contribution in [0.25, 0.3) is 23.4 Å². The summed E-state index contributed by atoms with van der Waals surface area (Å²) < 4.78 is 5.38. The standard InChI is InChI=1S/C26H27N3O2/c1-17(2)15-24(30)29-26-23(13-9-18-7-5-4-6-8-18)27-25-21-12-11-20(31-3)16-19(21)10-14-22(25)28-26/h4-9,11-13,16-17H,10,14-15H2,1-3H3,(H,28,29,30)/b13-9+. The summed E-state index contributed by atoms with van der Waals surface area (Å²) in [6, 6.07) is 16.1. The number of anilines is 1. The van der Waals surface area contributed by atoms with E-state index >= 15 is 0 Å². The zero-order chi connectivity index (χ0) is 21.8. The van der Waals surface area contributed by atoms with Crippen LogP contribution in [0.2, 0.25) is 0 Å². The van der Waals surface area contributed by atoms with Crippen LogP contribution >= 0.6 is 0 Å². The van der Waals surface area contributed by atoms with Gasteiger partial charge in [0.25, 0.3) is 0 Å². The van der Waals surface area contributed by atoms with Crippen molar-refractivity contribution in [1.82, 2.24) is 9.97 Å². The maximum Gasteiger partial charge on any atom is 0.225 e. The quantitative estimate of drug-likeness (QED) is 0.587. The lowest BCUT2D eigenvalue weighted by Crippen LogP contribution is -2.18. The fraction of sp³-hybridized carbons (Fsp3) is 0.269. The molecule has 2 aromatic carbocycles. The molecule has 0 unspecified atom stereocenters. The Labute approximate surface area is 183 Å². The lowest BCUT2D eigenvalue weighted by Gasteiger charge is -2.21. The fourth-order valence-corrected chi connectivity index (χ4v) is 3.76. The highest BCUT2D eigenvalue weighted by molar-refractivity contribution is 5.92. The summed E-state index contributed by atoms with van der Waals surface area (Å²) in [6.45, 7) is 4.05. The van der Waals surface area contributed by atoms with Crippen LogP contribution in [0.5, 0.6) is 5.75 Å². The highest BCUT2D eigenvalue weighted by Crippen LogP contribution is 2.35. The van der Waals surface area contributed by atoms with Gasteiger partial charge in [-0.15, -0.1) is 0 Å². The molecule has 5 nitrogen and oxygen atoms in total. The van der Waals surface area contributed by atoms with E-state index in [1.165, 1.54) is 5.56 Å². The largest absolute Gasteiger partial charge is 0.497 e. The first-order chi connectivity index (χ1) is 15.0. The van der Waals surface area contributed by atoms with Crippen LogP contribution < -0.4 is 10.1 Å². The van der Waals surface area contributed by atoms with Crippen molar-refractivity contribution in [2.24, 2.45) is 5.92 Å². The monoisotopic (exact) mass is 413 g/mol. The van der Waals surface area contributed by atoms with E-state index in [0.717, 1.165) is 41.1 Å². The van der Waals surface area contributed by atoms with Crippen LogP contribution in [-0.4, -0.2) is 23.0 Å². The highest BCUT2D eigenvalue weighted by Gasteiger charge is 2.22. The summed E-state index contributed by atoms with van der Waals surface area (Å²) in [5, 5.41) is 2.99. The van der Waals surface area contributed by atoms with Gasteiger partial charge in [-0.2, -0.15) is 0 Å². The zero-order valence-corrected chi connectivity index (χ0v) is 18.2. The molecule has 31 heavy (non-hydrogen) atoms. The number of aromatic nitrogens is 2. The first-order valence-electron chi connectivity index (χ1n) is 10.6. The van der Waals surface area contributed by atoms with Crippen molar-refractivity contribution < 1.29 is 9.53 Å². The Kier molecular flexibility index (Phi) is 6.12. The molecule has 0 saturated heterocycles. The van der Waals surface area contributed by atoms with Crippen molar-refractivity contribution in [2.45, 2.75) is 33.1 Å². The summed E-state index contributed by atoms with van der Waals surface area (Å²) in [5.41, 5.74) is 5.78. The summed E-state index contributed by atoms with van der Waals surface area (Å²) >= 11 is 0. The van der Waals surface area contributed by atoms with Crippen molar-refractivity contribution in [1.29, 1.82) is 0 Å². The van der Waals surface area contributed by atoms with Crippen molar-refractivity contribution >= 4 is 23.9 Å². The third kappa shape index (κ3) is 4.82. The second-order valence-corrected chi connectivity index (χ2v) is 8.17. The van der Waals surface area contributed by atoms with E-state index < -0.39 is 0 Å². The SMILES string of the molecule is COc1ccc2c(c1)CCc1nc(NC(=O)CC(C)C)c(/C=C/c3ccccc3)nc1-2. The predicted molar refractivity (Wildman–Crippen MR) is 125 cm³/mol. The number of rotatable bonds is 6. The van der Waals surface area contributed by atoms with Crippen molar-refractivity contribution in [3.63, 3.8) is 0 Å². The first kappa shape index (κ1) is 20.8. The maximum absolute atomic E-state index is 12.5. The van der Waals surface area contributed by atoms with Gasteiger partial charge in [-0.05, 0) is 54.2 Å². The van der Waals surface area contributed by atoms with Crippen molar-refractivity contribution in [3.05, 3.63) is 71.0 Å². The third-order valence-corrected chi connectivity index (χ3v) is 5.28. The summed E-state index contributed by atoms with van der Waals surface area (Å²) in [5.74, 6) is 1.60. The number of hydrogen-bond acceptors (Lipinski definition) is 4. The minimum absolute atomic E-state index is 0.0421. The first-order valence-corrected chi connectivity index (χ1v) is 10.6. The van der Waals surface area contributed by atoms with Gasteiger partial charge < -0.3 is 10.1 Å². The van der Waals surface area contributed by atoms with Gasteiger partial charge >= 0.3 is 0 Å². The Balaban J connectivity index is 1.76. The zero-order valence-electron chi connectivity index (χ0n) is 18.2. The number of fused-ring (bicyclic) bond motifs is 3. The number of nitrogens with zero attached hydrogens (tertiary/aromatic N) is 2. The molecule has 1 heterocycles. The van der Waals surface area contributed by atoms with Gasteiger partial charge in [0.1, 0.15) is 11.4 Å². The number of benzene rings is 2. The molecule has 5 heteroatoms. The molecule has 1 aliphatic carbocycles. The topological polar surface area (TPSA) is 64.1 Å². The second kappa shape index (κ2) is 9.13. The van der Waals surface area contributed by atoms with Crippen LogP contribution in [0.1, 0.15) is 42.8 Å². The molecule has 4 rings (SSSR count). The number of carbonyl (C=O) groups is 1. The number of hydrogen-bond donors (Lipinski definition) is 1. The minimum atomic E-state index is -0.0421. The molecule has 0 atom stereocenters. The minimum Gasteiger partial charge on any atom is -0.497 e. The molecule has 1 amide bonds. The van der Waals surface area contributed by atoms with Gasteiger partial charge in [0.05, 0.1) is 18.5 Å². The van der Waals surface area contributed by atoms with Gasteiger partial charge in [0, 0.05) is 12.0 Å². The Hall–Kier alpha value is -3.47. The number of carbonyl (C=O) groups excluding carboxylic acids is 1. The van der Waals surface area contributed by atoms with E-state index in [4.69, 9.17) is 14.7 Å². The van der Waals surface area contributed by atoms with Gasteiger partial charge in [-0.3, -0.25) is 4.79 Å². The Bertz CT molecular complexity index is 1120. The Morgan fingerprint density at radius 3 is 2.65 bits per heavy atom. The molecule has 0 aliphatic heterocycles. The van der Waals surface area contributed by atoms with Gasteiger partial charge in [-0.1, -0.05) is 50.3 Å². The molecule has 1 N–H and O–H groups in total. The van der Waals surface area contributed by atoms with E-state index in [0.29, 0.717) is 17.9 Å². The number of methoxy groups -OCH3 is 1. The van der Waals surface area contributed by atoms with Gasteiger partial charge in [0.15, 0.2) is 5.82 Å². The lowest BCUT2D eigenvalue weighted by atomic mass is 9.91. The molecule has 0 bridgehead atoms. The van der Waals surface area contributed by atoms with E-state index in [1.54, 1.807) is 7.11 Å². The molecule has 158 valence electrons. The molecule has 1 aliphatic rings. The van der Waals surface area contributed by atoms with Crippen LogP contribution in [0.4, 0.5) is 5.82 Å². The number of amides is 1. The van der Waals surface area contributed by atoms with Crippen LogP contribution in [0.3, 0.4) is 0 Å². The molecule has 0 radical (unpaired) electrons. The number of ether oxygens (including phenoxy) is 1. The molecular weight excluding hydrogens is 386 g/mol. The predicted octanol–water partition coefficient (Wildman–Crippen LogP) is 5.41. The van der Waals surface area contributed by atoms with Gasteiger partial charge in [0.2, 0.25) is 5.91 Å². The van der Waals surface area contributed by atoms with E-state index in [9.17, 15) is 4.79 Å². The average molecular weight is 414 g/mol. The third-order valence-electron chi connectivity index (χ3n) is 5.28. The summed E-state index contributed by atoms with van der Waals surface area (Å²) in [4.78, 5) is 22.3. The average Bonchev–Trinajstić information content (AvgIpc) is 2.77. The lowest BCUT2D eigenvalue weighted by molar-refractivity contribution is -0.116. The van der Waals surface area contributed by atoms with E-state index in [-0.39, 0.29) is 11.8 Å². The van der Waals surface area contributed by atoms with E-state index in [2.05, 4.69) is 11.4 Å². The summed E-state index contributed by atoms with van der Waals surface area (Å²) in [7, 11) is 1.68. The normalized spacial score (nSPS) is 12.5. The van der Waals surface area contributed by atoms with Crippen molar-refractivity contribution in [2.75, 3.05) is 12.4 Å². The Morgan fingerprint density at radius 1 is 1.10 bits per heavy atom. The second-order valence-electron chi connectivity index (χ2n) is 8.17. The van der Waals surface area contributed by atoms with Gasteiger partial charge in [-0.25, -0.2) is 9.97 Å². The number of aryl methyl sites for hydroxylation is 2. The Morgan fingerprint density at radius 2 is 1.90 bits per heavy atom. The van der Waals surface area contributed by atoms with Crippen molar-refractivity contribution in [3.8, 4) is 17.0 Å². The summed E-state index contributed by atoms with van der Waals surface area (Å²) in [6.07, 6.45) is 6.01.